The zero-order chi connectivity index (χ0) is 29.9. The van der Waals surface area contributed by atoms with Gasteiger partial charge in [-0.15, -0.1) is 0 Å². The van der Waals surface area contributed by atoms with Gasteiger partial charge in [0, 0.05) is 37.5 Å². The van der Waals surface area contributed by atoms with Crippen LogP contribution in [0.1, 0.15) is 33.5 Å². The molecule has 12 heteroatoms. The molecule has 5 rings (SSSR count). The third kappa shape index (κ3) is 6.89. The lowest BCUT2D eigenvalue weighted by Crippen LogP contribution is -2.44. The molecule has 9 nitrogen and oxygen atoms in total. The van der Waals surface area contributed by atoms with Crippen molar-refractivity contribution < 1.29 is 51.6 Å². The number of benzene rings is 2. The average Bonchev–Trinajstić information content (AvgIpc) is 3.51. The van der Waals surface area contributed by atoms with Crippen molar-refractivity contribution in [2.24, 2.45) is 0 Å². The average molecular weight is 588 g/mol. The highest BCUT2D eigenvalue weighted by molar-refractivity contribution is 5.94. The van der Waals surface area contributed by atoms with E-state index in [0.717, 1.165) is 17.2 Å². The van der Waals surface area contributed by atoms with Crippen molar-refractivity contribution in [3.8, 4) is 0 Å². The lowest BCUT2D eigenvalue weighted by Gasteiger charge is -2.30. The summed E-state index contributed by atoms with van der Waals surface area (Å²) in [5.41, 5.74) is 3.14. The van der Waals surface area contributed by atoms with Crippen molar-refractivity contribution in [1.29, 1.82) is 0 Å². The van der Waals surface area contributed by atoms with Crippen molar-refractivity contribution in [3.63, 3.8) is 0 Å². The van der Waals surface area contributed by atoms with Gasteiger partial charge in [0.15, 0.2) is 12.4 Å². The molecule has 3 aliphatic rings. The van der Waals surface area contributed by atoms with Gasteiger partial charge in [-0.25, -0.2) is 9.59 Å². The summed E-state index contributed by atoms with van der Waals surface area (Å²) < 4.78 is 59.3. The van der Waals surface area contributed by atoms with E-state index in [9.17, 15) is 27.6 Å². The summed E-state index contributed by atoms with van der Waals surface area (Å²) in [5, 5.41) is 11.7. The summed E-state index contributed by atoms with van der Waals surface area (Å²) in [6, 6.07) is 13.7. The molecule has 1 heterocycles. The molecule has 2 N–H and O–H groups in total. The van der Waals surface area contributed by atoms with Gasteiger partial charge in [0.2, 0.25) is 5.91 Å². The lowest BCUT2D eigenvalue weighted by molar-refractivity contribution is -0.182. The minimum Gasteiger partial charge on any atom is -0.456 e. The first-order chi connectivity index (χ1) is 20.0. The molecule has 2 aliphatic carbocycles. The highest BCUT2D eigenvalue weighted by Crippen LogP contribution is 2.45. The molecule has 2 aromatic rings. The second-order valence-corrected chi connectivity index (χ2v) is 10.2. The van der Waals surface area contributed by atoms with Crippen LogP contribution in [0.2, 0.25) is 0 Å². The SMILES string of the molecule is O=C(C=Cc1ccc(C(=O)O[C@@H]2CC(C(=O)NCCO)=C[C@H]3OC4(Cc5ccccc5C4)O[C@H]32)cc1)OCC(F)(F)F. The first-order valence-corrected chi connectivity index (χ1v) is 13.3. The number of carbonyl (C=O) groups excluding carboxylic acids is 3. The molecule has 222 valence electrons. The number of carbonyl (C=O) groups is 3. The Kier molecular flexibility index (Phi) is 8.48. The molecule has 1 amide bonds. The van der Waals surface area contributed by atoms with Gasteiger partial charge in [0.1, 0.15) is 18.3 Å². The smallest absolute Gasteiger partial charge is 0.422 e. The predicted molar refractivity (Wildman–Crippen MR) is 141 cm³/mol. The second kappa shape index (κ2) is 12.1. The Balaban J connectivity index is 1.27. The Morgan fingerprint density at radius 3 is 2.38 bits per heavy atom. The monoisotopic (exact) mass is 587 g/mol. The fraction of sp³-hybridized carbons (Fsp3) is 0.367. The van der Waals surface area contributed by atoms with Crippen LogP contribution < -0.4 is 5.32 Å². The van der Waals surface area contributed by atoms with Crippen LogP contribution in [0.4, 0.5) is 13.2 Å². The third-order valence-corrected chi connectivity index (χ3v) is 7.10. The van der Waals surface area contributed by atoms with Crippen molar-refractivity contribution in [2.45, 2.75) is 49.5 Å². The summed E-state index contributed by atoms with van der Waals surface area (Å²) >= 11 is 0. The van der Waals surface area contributed by atoms with Crippen LogP contribution in [0.5, 0.6) is 0 Å². The number of hydrogen-bond donors (Lipinski definition) is 2. The maximum absolute atomic E-state index is 13.1. The number of ether oxygens (including phenoxy) is 4. The van der Waals surface area contributed by atoms with E-state index in [4.69, 9.17) is 19.3 Å². The number of rotatable bonds is 8. The number of halogens is 3. The third-order valence-electron chi connectivity index (χ3n) is 7.10. The normalized spacial score (nSPS) is 22.4. The number of aliphatic hydroxyl groups excluding tert-OH is 1. The number of alkyl halides is 3. The van der Waals surface area contributed by atoms with E-state index < -0.39 is 54.7 Å². The Bertz CT molecular complexity index is 1380. The lowest BCUT2D eigenvalue weighted by atomic mass is 9.91. The second-order valence-electron chi connectivity index (χ2n) is 10.2. The molecule has 1 fully saturated rings. The molecule has 0 radical (unpaired) electrons. The van der Waals surface area contributed by atoms with Crippen LogP contribution in [-0.4, -0.2) is 73.0 Å². The van der Waals surface area contributed by atoms with Crippen LogP contribution in [0.15, 0.2) is 66.3 Å². The minimum atomic E-state index is -4.62. The van der Waals surface area contributed by atoms with Crippen molar-refractivity contribution in [3.05, 3.63) is 88.5 Å². The molecule has 0 aromatic heterocycles. The Labute approximate surface area is 238 Å². The van der Waals surface area contributed by atoms with Gasteiger partial charge in [0.05, 0.1) is 12.2 Å². The van der Waals surface area contributed by atoms with E-state index in [1.54, 1.807) is 6.08 Å². The number of amides is 1. The van der Waals surface area contributed by atoms with Gasteiger partial charge in [-0.3, -0.25) is 4.79 Å². The van der Waals surface area contributed by atoms with Crippen LogP contribution >= 0.6 is 0 Å². The zero-order valence-electron chi connectivity index (χ0n) is 22.3. The molecule has 2 aromatic carbocycles. The highest BCUT2D eigenvalue weighted by atomic mass is 19.4. The van der Waals surface area contributed by atoms with Crippen molar-refractivity contribution in [1.82, 2.24) is 5.32 Å². The molecular formula is C30H28F3NO8. The molecular weight excluding hydrogens is 559 g/mol. The predicted octanol–water partition coefficient (Wildman–Crippen LogP) is 3.05. The van der Waals surface area contributed by atoms with Gasteiger partial charge in [0.25, 0.3) is 0 Å². The number of aliphatic hydroxyl groups is 1. The highest BCUT2D eigenvalue weighted by Gasteiger charge is 2.55. The van der Waals surface area contributed by atoms with Gasteiger partial charge < -0.3 is 29.4 Å². The van der Waals surface area contributed by atoms with E-state index in [0.29, 0.717) is 24.0 Å². The van der Waals surface area contributed by atoms with Gasteiger partial charge in [-0.05, 0) is 41.0 Å². The minimum absolute atomic E-state index is 0.0617. The molecule has 3 atom stereocenters. The number of nitrogens with one attached hydrogen (secondary N) is 1. The van der Waals surface area contributed by atoms with Crippen molar-refractivity contribution >= 4 is 23.9 Å². The number of fused-ring (bicyclic) bond motifs is 2. The Morgan fingerprint density at radius 1 is 1.05 bits per heavy atom. The maximum Gasteiger partial charge on any atom is 0.422 e. The first kappa shape index (κ1) is 29.5. The van der Waals surface area contributed by atoms with Crippen LogP contribution in [0.3, 0.4) is 0 Å². The summed E-state index contributed by atoms with van der Waals surface area (Å²) in [6.07, 6.45) is -1.91. The summed E-state index contributed by atoms with van der Waals surface area (Å²) in [5.74, 6) is -3.20. The molecule has 1 spiro atoms. The number of hydrogen-bond acceptors (Lipinski definition) is 8. The van der Waals surface area contributed by atoms with E-state index in [2.05, 4.69) is 10.1 Å². The summed E-state index contributed by atoms with van der Waals surface area (Å²) in [4.78, 5) is 37.4. The molecule has 1 saturated heterocycles. The maximum atomic E-state index is 13.1. The van der Waals surface area contributed by atoms with Gasteiger partial charge >= 0.3 is 18.1 Å². The molecule has 0 bridgehead atoms. The summed E-state index contributed by atoms with van der Waals surface area (Å²) in [6.45, 7) is -1.86. The van der Waals surface area contributed by atoms with E-state index >= 15 is 0 Å². The van der Waals surface area contributed by atoms with Gasteiger partial charge in [-0.1, -0.05) is 36.4 Å². The standard InChI is InChI=1S/C30H28F3NO8/c31-30(32,33)17-39-25(36)10-7-18-5-8-19(9-6-18)28(38)40-23-13-22(27(37)34-11-12-35)14-24-26(23)42-29(41-24)15-20-3-1-2-4-21(20)16-29/h1-10,14,23-24,26,35H,11-13,15-17H2,(H,34,37)/t23-,24-,26+/m1/s1. The van der Waals surface area contributed by atoms with E-state index in [-0.39, 0.29) is 25.1 Å². The first-order valence-electron chi connectivity index (χ1n) is 13.3. The Morgan fingerprint density at radius 2 is 1.74 bits per heavy atom. The summed E-state index contributed by atoms with van der Waals surface area (Å²) in [7, 11) is 0. The molecule has 0 unspecified atom stereocenters. The van der Waals surface area contributed by atoms with Crippen molar-refractivity contribution in [2.75, 3.05) is 19.8 Å². The van der Waals surface area contributed by atoms with Gasteiger partial charge in [-0.2, -0.15) is 13.2 Å². The fourth-order valence-electron chi connectivity index (χ4n) is 5.25. The van der Waals surface area contributed by atoms with Crippen LogP contribution in [-0.2, 0) is 41.4 Å². The molecule has 1 aliphatic heterocycles. The molecule has 0 saturated carbocycles. The fourth-order valence-corrected chi connectivity index (χ4v) is 5.25. The largest absolute Gasteiger partial charge is 0.456 e. The Hall–Kier alpha value is -4.00. The zero-order valence-corrected chi connectivity index (χ0v) is 22.3. The van der Waals surface area contributed by atoms with E-state index in [1.165, 1.54) is 30.3 Å². The van der Waals surface area contributed by atoms with Crippen LogP contribution in [0, 0.1) is 0 Å². The topological polar surface area (TPSA) is 120 Å². The number of esters is 2. The van der Waals surface area contributed by atoms with Crippen LogP contribution in [0.25, 0.3) is 6.08 Å². The molecule has 42 heavy (non-hydrogen) atoms. The van der Waals surface area contributed by atoms with E-state index in [1.807, 2.05) is 24.3 Å². The quantitative estimate of drug-likeness (QED) is 0.357.